The maximum atomic E-state index is 12.0. The second-order valence-corrected chi connectivity index (χ2v) is 4.71. The molecule has 1 fully saturated rings. The van der Waals surface area contributed by atoms with Crippen molar-refractivity contribution in [2.75, 3.05) is 19.8 Å². The molecule has 1 saturated heterocycles. The lowest BCUT2D eigenvalue weighted by molar-refractivity contribution is -0.134. The summed E-state index contributed by atoms with van der Waals surface area (Å²) in [5, 5.41) is 14.3. The lowest BCUT2D eigenvalue weighted by Gasteiger charge is -2.29. The van der Waals surface area contributed by atoms with Gasteiger partial charge < -0.3 is 15.4 Å². The number of ether oxygens (including phenoxy) is 1. The van der Waals surface area contributed by atoms with E-state index in [1.807, 2.05) is 13.8 Å². The number of nitrogens with zero attached hydrogens (tertiary/aromatic N) is 1. The van der Waals surface area contributed by atoms with Crippen LogP contribution in [0, 0.1) is 16.7 Å². The van der Waals surface area contributed by atoms with Crippen molar-refractivity contribution in [2.45, 2.75) is 32.7 Å². The van der Waals surface area contributed by atoms with Gasteiger partial charge in [-0.2, -0.15) is 5.26 Å². The standard InChI is InChI=1S/C12H19N3O3/c1-9(2)15-10(16)7-14-11(17)12(8-13)3-5-18-6-4-12/h9H,3-7H2,1-2H3,(H,14,17)(H,15,16). The average Bonchev–Trinajstić information content (AvgIpc) is 2.36. The predicted octanol–water partition coefficient (Wildman–Crippen LogP) is -0.0524. The van der Waals surface area contributed by atoms with Gasteiger partial charge in [0.15, 0.2) is 0 Å². The summed E-state index contributed by atoms with van der Waals surface area (Å²) < 4.78 is 5.14. The van der Waals surface area contributed by atoms with Gasteiger partial charge in [-0.15, -0.1) is 0 Å². The number of rotatable bonds is 4. The highest BCUT2D eigenvalue weighted by Crippen LogP contribution is 2.29. The predicted molar refractivity (Wildman–Crippen MR) is 64.4 cm³/mol. The first-order valence-electron chi connectivity index (χ1n) is 6.07. The lowest BCUT2D eigenvalue weighted by Crippen LogP contribution is -2.47. The molecule has 0 aromatic heterocycles. The van der Waals surface area contributed by atoms with Crippen molar-refractivity contribution in [1.82, 2.24) is 10.6 Å². The molecule has 0 aromatic rings. The van der Waals surface area contributed by atoms with Crippen LogP contribution >= 0.6 is 0 Å². The Morgan fingerprint density at radius 2 is 2.00 bits per heavy atom. The molecule has 6 heteroatoms. The van der Waals surface area contributed by atoms with Gasteiger partial charge in [0.1, 0.15) is 5.41 Å². The van der Waals surface area contributed by atoms with E-state index >= 15 is 0 Å². The summed E-state index contributed by atoms with van der Waals surface area (Å²) in [6.07, 6.45) is 0.752. The molecule has 18 heavy (non-hydrogen) atoms. The molecule has 2 amide bonds. The summed E-state index contributed by atoms with van der Waals surface area (Å²) in [5.74, 6) is -0.634. The minimum absolute atomic E-state index is 0.0300. The highest BCUT2D eigenvalue weighted by molar-refractivity contribution is 5.89. The van der Waals surface area contributed by atoms with E-state index in [1.165, 1.54) is 0 Å². The third-order valence-electron chi connectivity index (χ3n) is 2.85. The Hall–Kier alpha value is -1.61. The Balaban J connectivity index is 2.48. The number of carbonyl (C=O) groups excluding carboxylic acids is 2. The molecule has 0 aliphatic carbocycles. The first kappa shape index (κ1) is 14.5. The van der Waals surface area contributed by atoms with Gasteiger partial charge >= 0.3 is 0 Å². The zero-order valence-corrected chi connectivity index (χ0v) is 10.8. The fourth-order valence-electron chi connectivity index (χ4n) is 1.81. The van der Waals surface area contributed by atoms with Gasteiger partial charge in [-0.3, -0.25) is 9.59 Å². The third-order valence-corrected chi connectivity index (χ3v) is 2.85. The Bertz CT molecular complexity index is 354. The van der Waals surface area contributed by atoms with Crippen molar-refractivity contribution in [3.05, 3.63) is 0 Å². The molecule has 6 nitrogen and oxygen atoms in total. The second kappa shape index (κ2) is 6.36. The smallest absolute Gasteiger partial charge is 0.241 e. The molecule has 1 aliphatic rings. The molecule has 0 saturated carbocycles. The van der Waals surface area contributed by atoms with Gasteiger partial charge in [-0.25, -0.2) is 0 Å². The largest absolute Gasteiger partial charge is 0.381 e. The summed E-state index contributed by atoms with van der Waals surface area (Å²) in [6, 6.07) is 2.09. The lowest BCUT2D eigenvalue weighted by atomic mass is 9.81. The topological polar surface area (TPSA) is 91.2 Å². The molecular weight excluding hydrogens is 234 g/mol. The zero-order chi connectivity index (χ0) is 13.6. The molecule has 0 unspecified atom stereocenters. The van der Waals surface area contributed by atoms with Crippen LogP contribution in [0.1, 0.15) is 26.7 Å². The first-order valence-corrected chi connectivity index (χ1v) is 6.07. The van der Waals surface area contributed by atoms with Crippen LogP contribution in [0.3, 0.4) is 0 Å². The molecule has 0 radical (unpaired) electrons. The number of hydrogen-bond acceptors (Lipinski definition) is 4. The highest BCUT2D eigenvalue weighted by atomic mass is 16.5. The van der Waals surface area contributed by atoms with Crippen LogP contribution < -0.4 is 10.6 Å². The van der Waals surface area contributed by atoms with Gasteiger partial charge in [-0.05, 0) is 26.7 Å². The summed E-state index contributed by atoms with van der Waals surface area (Å²) in [4.78, 5) is 23.4. The molecular formula is C12H19N3O3. The van der Waals surface area contributed by atoms with Crippen molar-refractivity contribution in [3.8, 4) is 6.07 Å². The fourth-order valence-corrected chi connectivity index (χ4v) is 1.81. The number of carbonyl (C=O) groups is 2. The summed E-state index contributed by atoms with van der Waals surface area (Å²) >= 11 is 0. The van der Waals surface area contributed by atoms with Crippen molar-refractivity contribution < 1.29 is 14.3 Å². The molecule has 0 atom stereocenters. The number of hydrogen-bond donors (Lipinski definition) is 2. The van der Waals surface area contributed by atoms with Gasteiger partial charge in [0.2, 0.25) is 11.8 Å². The van der Waals surface area contributed by atoms with Crippen molar-refractivity contribution in [1.29, 1.82) is 5.26 Å². The van der Waals surface area contributed by atoms with Gasteiger partial charge in [-0.1, -0.05) is 0 Å². The van der Waals surface area contributed by atoms with Crippen LogP contribution in [0.5, 0.6) is 0 Å². The van der Waals surface area contributed by atoms with Crippen LogP contribution in [-0.2, 0) is 14.3 Å². The maximum Gasteiger partial charge on any atom is 0.241 e. The third kappa shape index (κ3) is 3.70. The SMILES string of the molecule is CC(C)NC(=O)CNC(=O)C1(C#N)CCOCC1. The van der Waals surface area contributed by atoms with Crippen LogP contribution in [0.2, 0.25) is 0 Å². The van der Waals surface area contributed by atoms with Crippen LogP contribution in [0.15, 0.2) is 0 Å². The van der Waals surface area contributed by atoms with E-state index in [2.05, 4.69) is 16.7 Å². The van der Waals surface area contributed by atoms with E-state index in [4.69, 9.17) is 10.00 Å². The van der Waals surface area contributed by atoms with Gasteiger partial charge in [0.05, 0.1) is 12.6 Å². The highest BCUT2D eigenvalue weighted by Gasteiger charge is 2.40. The Morgan fingerprint density at radius 3 is 2.50 bits per heavy atom. The molecule has 2 N–H and O–H groups in total. The second-order valence-electron chi connectivity index (χ2n) is 4.71. The van der Waals surface area contributed by atoms with E-state index in [1.54, 1.807) is 0 Å². The quantitative estimate of drug-likeness (QED) is 0.734. The molecule has 1 heterocycles. The van der Waals surface area contributed by atoms with Crippen LogP contribution in [-0.4, -0.2) is 37.6 Å². The molecule has 1 aliphatic heterocycles. The van der Waals surface area contributed by atoms with E-state index < -0.39 is 5.41 Å². The normalized spacial score (nSPS) is 17.9. The molecule has 0 spiro atoms. The van der Waals surface area contributed by atoms with E-state index in [0.717, 1.165) is 0 Å². The molecule has 0 aromatic carbocycles. The van der Waals surface area contributed by atoms with E-state index in [0.29, 0.717) is 26.1 Å². The Kier molecular flexibility index (Phi) is 5.10. The number of nitriles is 1. The fraction of sp³-hybridized carbons (Fsp3) is 0.750. The van der Waals surface area contributed by atoms with Gasteiger partial charge in [0.25, 0.3) is 0 Å². The van der Waals surface area contributed by atoms with Crippen molar-refractivity contribution >= 4 is 11.8 Å². The first-order chi connectivity index (χ1) is 8.50. The monoisotopic (exact) mass is 253 g/mol. The maximum absolute atomic E-state index is 12.0. The molecule has 100 valence electrons. The Morgan fingerprint density at radius 1 is 1.39 bits per heavy atom. The minimum atomic E-state index is -1.05. The summed E-state index contributed by atoms with van der Waals surface area (Å²) in [6.45, 7) is 4.39. The number of amides is 2. The van der Waals surface area contributed by atoms with Crippen molar-refractivity contribution in [2.24, 2.45) is 5.41 Å². The van der Waals surface area contributed by atoms with E-state index in [9.17, 15) is 9.59 Å². The average molecular weight is 253 g/mol. The van der Waals surface area contributed by atoms with Gasteiger partial charge in [0, 0.05) is 19.3 Å². The minimum Gasteiger partial charge on any atom is -0.381 e. The zero-order valence-electron chi connectivity index (χ0n) is 10.8. The summed E-state index contributed by atoms with van der Waals surface area (Å²) in [7, 11) is 0. The van der Waals surface area contributed by atoms with Crippen molar-refractivity contribution in [3.63, 3.8) is 0 Å². The van der Waals surface area contributed by atoms with E-state index in [-0.39, 0.29) is 24.4 Å². The van der Waals surface area contributed by atoms with Crippen LogP contribution in [0.25, 0.3) is 0 Å². The Labute approximate surface area is 107 Å². The summed E-state index contributed by atoms with van der Waals surface area (Å²) in [5.41, 5.74) is -1.05. The molecule has 0 bridgehead atoms. The molecule has 1 rings (SSSR count). The number of nitrogens with one attached hydrogen (secondary N) is 2. The van der Waals surface area contributed by atoms with Crippen LogP contribution in [0.4, 0.5) is 0 Å².